The van der Waals surface area contributed by atoms with E-state index in [9.17, 15) is 9.59 Å². The van der Waals surface area contributed by atoms with Crippen molar-refractivity contribution in [3.63, 3.8) is 0 Å². The van der Waals surface area contributed by atoms with Crippen molar-refractivity contribution in [3.05, 3.63) is 23.8 Å². The van der Waals surface area contributed by atoms with E-state index in [4.69, 9.17) is 37.9 Å². The number of methoxy groups -OCH3 is 4. The highest BCUT2D eigenvalue weighted by Gasteiger charge is 2.78. The average molecular weight is 452 g/mol. The Hall–Kier alpha value is -1.50. The molecule has 0 aromatic carbocycles. The van der Waals surface area contributed by atoms with Gasteiger partial charge < -0.3 is 37.9 Å². The number of hydrogen-bond acceptors (Lipinski definition) is 10. The van der Waals surface area contributed by atoms with E-state index in [1.807, 2.05) is 6.08 Å². The fourth-order valence-electron chi connectivity index (χ4n) is 6.34. The molecule has 2 saturated heterocycles. The van der Waals surface area contributed by atoms with E-state index in [1.54, 1.807) is 6.08 Å². The van der Waals surface area contributed by atoms with Crippen molar-refractivity contribution < 1.29 is 47.5 Å². The van der Waals surface area contributed by atoms with E-state index in [0.717, 1.165) is 0 Å². The molecule has 10 heteroatoms. The third-order valence-corrected chi connectivity index (χ3v) is 7.58. The molecule has 0 radical (unpaired) electrons. The molecule has 0 unspecified atom stereocenters. The van der Waals surface area contributed by atoms with Gasteiger partial charge in [-0.1, -0.05) is 12.2 Å². The molecule has 0 aromatic heterocycles. The van der Waals surface area contributed by atoms with Crippen LogP contribution in [0, 0.1) is 23.2 Å². The highest BCUT2D eigenvalue weighted by molar-refractivity contribution is 6.01. The minimum absolute atomic E-state index is 0.301. The molecule has 0 aromatic rings. The zero-order chi connectivity index (χ0) is 22.7. The highest BCUT2D eigenvalue weighted by atomic mass is 16.7. The molecule has 176 valence electrons. The lowest BCUT2D eigenvalue weighted by atomic mass is 9.44. The molecule has 4 aliphatic carbocycles. The van der Waals surface area contributed by atoms with Crippen molar-refractivity contribution in [1.29, 1.82) is 0 Å². The van der Waals surface area contributed by atoms with Crippen LogP contribution in [0.5, 0.6) is 0 Å². The van der Waals surface area contributed by atoms with Crippen molar-refractivity contribution in [3.8, 4) is 0 Å². The number of hydrogen-bond donors (Lipinski definition) is 0. The van der Waals surface area contributed by atoms with Crippen LogP contribution in [-0.2, 0) is 47.5 Å². The summed E-state index contributed by atoms with van der Waals surface area (Å²) < 4.78 is 46.7. The second-order valence-electron chi connectivity index (χ2n) is 8.46. The van der Waals surface area contributed by atoms with Crippen LogP contribution < -0.4 is 0 Å². The Balaban J connectivity index is 1.81. The summed E-state index contributed by atoms with van der Waals surface area (Å²) in [7, 11) is 5.61. The van der Waals surface area contributed by atoms with Crippen molar-refractivity contribution in [1.82, 2.24) is 0 Å². The Labute approximate surface area is 185 Å². The fourth-order valence-corrected chi connectivity index (χ4v) is 6.34. The van der Waals surface area contributed by atoms with Crippen LogP contribution in [0.4, 0.5) is 0 Å². The van der Waals surface area contributed by atoms with Gasteiger partial charge >= 0.3 is 0 Å². The smallest absolute Gasteiger partial charge is 0.237 e. The van der Waals surface area contributed by atoms with Crippen molar-refractivity contribution >= 4 is 11.6 Å². The summed E-state index contributed by atoms with van der Waals surface area (Å²) in [5, 5.41) is 0. The largest absolute Gasteiger partial charge is 0.349 e. The first kappa shape index (κ1) is 22.3. The Morgan fingerprint density at radius 3 is 1.97 bits per heavy atom. The maximum atomic E-state index is 13.9. The van der Waals surface area contributed by atoms with E-state index < -0.39 is 53.1 Å². The van der Waals surface area contributed by atoms with Gasteiger partial charge in [0.1, 0.15) is 0 Å². The summed E-state index contributed by atoms with van der Waals surface area (Å²) in [4.78, 5) is 27.2. The van der Waals surface area contributed by atoms with Gasteiger partial charge in [-0.15, -0.1) is 0 Å². The van der Waals surface area contributed by atoms with E-state index in [0.29, 0.717) is 32.0 Å². The molecular weight excluding hydrogens is 424 g/mol. The van der Waals surface area contributed by atoms with Crippen molar-refractivity contribution in [2.24, 2.45) is 23.2 Å². The van der Waals surface area contributed by atoms with Gasteiger partial charge in [-0.05, 0) is 11.6 Å². The maximum absolute atomic E-state index is 13.9. The second-order valence-corrected chi connectivity index (χ2v) is 8.46. The number of Topliss-reactive ketones (excluding diaryl/α,β-unsaturated/α-hetero) is 1. The molecule has 3 fully saturated rings. The van der Waals surface area contributed by atoms with Gasteiger partial charge in [-0.25, -0.2) is 0 Å². The molecule has 2 bridgehead atoms. The number of carbonyl (C=O) groups is 2. The number of carbonyl (C=O) groups excluding carboxylic acids is 2. The predicted molar refractivity (Wildman–Crippen MR) is 105 cm³/mol. The Morgan fingerprint density at radius 2 is 1.41 bits per heavy atom. The summed E-state index contributed by atoms with van der Waals surface area (Å²) in [6, 6.07) is 0. The van der Waals surface area contributed by atoms with Crippen molar-refractivity contribution in [2.45, 2.75) is 24.2 Å². The SMILES string of the molecule is COC1(OC)C(=O)C=C[C@]2(C3OCCO3)[C@@H]1[C@@H]1C(C3OCCO3)=C[C@H]2C(=O)C1(OC)OC. The third-order valence-electron chi connectivity index (χ3n) is 7.58. The second kappa shape index (κ2) is 7.78. The van der Waals surface area contributed by atoms with Crippen LogP contribution in [0.1, 0.15) is 0 Å². The van der Waals surface area contributed by atoms with Gasteiger partial charge in [0.25, 0.3) is 0 Å². The monoisotopic (exact) mass is 452 g/mol. The van der Waals surface area contributed by atoms with Gasteiger partial charge in [0, 0.05) is 34.4 Å². The first-order valence-electron chi connectivity index (χ1n) is 10.6. The van der Waals surface area contributed by atoms with E-state index in [2.05, 4.69) is 0 Å². The molecule has 6 aliphatic rings. The number of allylic oxidation sites excluding steroid dienone is 1. The standard InChI is InChI=1S/C22H28O10/c1-25-21(26-2)14(23)5-6-20(19-31-9-10-32-19)13-11-12(18-29-7-8-30-18)15(16(20)21)22(27-3,28-4)17(13)24/h5-6,11,13,15-16,18-19H,7-10H2,1-4H3/t13-,15-,16-,20+/m0/s1. The van der Waals surface area contributed by atoms with E-state index in [-0.39, 0.29) is 5.78 Å². The minimum Gasteiger partial charge on any atom is -0.349 e. The van der Waals surface area contributed by atoms with Crippen molar-refractivity contribution in [2.75, 3.05) is 54.9 Å². The molecule has 32 heavy (non-hydrogen) atoms. The van der Waals surface area contributed by atoms with Crippen LogP contribution >= 0.6 is 0 Å². The number of ether oxygens (including phenoxy) is 8. The van der Waals surface area contributed by atoms with Gasteiger partial charge in [0.05, 0.1) is 43.7 Å². The molecule has 10 nitrogen and oxygen atoms in total. The topological polar surface area (TPSA) is 108 Å². The highest BCUT2D eigenvalue weighted by Crippen LogP contribution is 2.67. The summed E-state index contributed by atoms with van der Waals surface area (Å²) in [6.07, 6.45) is 3.42. The summed E-state index contributed by atoms with van der Waals surface area (Å²) >= 11 is 0. The van der Waals surface area contributed by atoms with E-state index in [1.165, 1.54) is 34.5 Å². The summed E-state index contributed by atoms with van der Waals surface area (Å²) in [5.74, 6) is -6.63. The normalized spacial score (nSPS) is 38.4. The van der Waals surface area contributed by atoms with Crippen LogP contribution in [0.2, 0.25) is 0 Å². The Bertz CT molecular complexity index is 845. The van der Waals surface area contributed by atoms with Crippen LogP contribution in [0.3, 0.4) is 0 Å². The predicted octanol–water partition coefficient (Wildman–Crippen LogP) is 0.207. The van der Waals surface area contributed by atoms with Gasteiger partial charge in [0.15, 0.2) is 18.4 Å². The zero-order valence-electron chi connectivity index (χ0n) is 18.5. The van der Waals surface area contributed by atoms with Gasteiger partial charge in [0.2, 0.25) is 17.4 Å². The average Bonchev–Trinajstić information content (AvgIpc) is 3.55. The first-order chi connectivity index (χ1) is 15.5. The lowest BCUT2D eigenvalue weighted by Gasteiger charge is -2.64. The summed E-state index contributed by atoms with van der Waals surface area (Å²) in [5.41, 5.74) is -0.447. The Morgan fingerprint density at radius 1 is 0.844 bits per heavy atom. The molecule has 2 aliphatic heterocycles. The molecule has 6 rings (SSSR count). The molecule has 1 saturated carbocycles. The number of fused-ring (bicyclic) bond motifs is 1. The molecule has 0 spiro atoms. The maximum Gasteiger partial charge on any atom is 0.237 e. The van der Waals surface area contributed by atoms with Crippen LogP contribution in [0.25, 0.3) is 0 Å². The number of ketones is 2. The fraction of sp³-hybridized carbons (Fsp3) is 0.727. The number of rotatable bonds is 6. The third kappa shape index (κ3) is 2.52. The zero-order valence-corrected chi connectivity index (χ0v) is 18.5. The quantitative estimate of drug-likeness (QED) is 0.410. The van der Waals surface area contributed by atoms with Crippen LogP contribution in [-0.4, -0.2) is 90.6 Å². The molecule has 4 atom stereocenters. The van der Waals surface area contributed by atoms with Gasteiger partial charge in [-0.3, -0.25) is 9.59 Å². The van der Waals surface area contributed by atoms with Crippen LogP contribution in [0.15, 0.2) is 23.8 Å². The first-order valence-corrected chi connectivity index (χ1v) is 10.6. The molecule has 0 amide bonds. The van der Waals surface area contributed by atoms with Gasteiger partial charge in [-0.2, -0.15) is 0 Å². The molecule has 0 N–H and O–H groups in total. The lowest BCUT2D eigenvalue weighted by Crippen LogP contribution is -2.77. The minimum atomic E-state index is -1.74. The molecular formula is C22H28O10. The molecule has 2 heterocycles. The summed E-state index contributed by atoms with van der Waals surface area (Å²) in [6.45, 7) is 1.54. The Kier molecular flexibility index (Phi) is 5.42. The lowest BCUT2D eigenvalue weighted by molar-refractivity contribution is -0.333. The van der Waals surface area contributed by atoms with E-state index >= 15 is 0 Å².